The van der Waals surface area contributed by atoms with E-state index in [1.807, 2.05) is 0 Å². The van der Waals surface area contributed by atoms with E-state index in [2.05, 4.69) is 5.32 Å². The molecule has 1 fully saturated rings. The minimum Gasteiger partial charge on any atom is -0.316 e. The average molecular weight is 178 g/mol. The minimum absolute atomic E-state index is 0.383. The zero-order chi connectivity index (χ0) is 9.19. The molecule has 0 bridgehead atoms. The van der Waals surface area contributed by atoms with E-state index in [9.17, 15) is 13.2 Å². The summed E-state index contributed by atoms with van der Waals surface area (Å²) in [7, 11) is 0. The molecule has 1 N–H and O–H groups in total. The molecule has 1 aliphatic heterocycles. The van der Waals surface area contributed by atoms with Gasteiger partial charge in [0.2, 0.25) is 0 Å². The molecule has 1 heterocycles. The molecule has 2 nitrogen and oxygen atoms in total. The molecule has 0 saturated carbocycles. The summed E-state index contributed by atoms with van der Waals surface area (Å²) in [6.07, 6.45) is 0. The molecular weight excluding hydrogens is 169 g/mol. The Morgan fingerprint density at radius 1 is 1.58 bits per heavy atom. The molecule has 1 unspecified atom stereocenters. The largest absolute Gasteiger partial charge is 0.316 e. The highest BCUT2D eigenvalue weighted by Gasteiger charge is 2.46. The number of halogens is 3. The van der Waals surface area contributed by atoms with E-state index in [1.165, 1.54) is 6.07 Å². The van der Waals surface area contributed by atoms with Gasteiger partial charge in [-0.25, -0.2) is 13.2 Å². The monoisotopic (exact) mass is 178 g/mol. The summed E-state index contributed by atoms with van der Waals surface area (Å²) < 4.78 is 37.1. The maximum absolute atomic E-state index is 12.7. The van der Waals surface area contributed by atoms with Gasteiger partial charge in [0.1, 0.15) is 5.92 Å². The summed E-state index contributed by atoms with van der Waals surface area (Å²) in [6.45, 7) is -0.983. The molecule has 0 amide bonds. The predicted molar refractivity (Wildman–Crippen MR) is 36.4 cm³/mol. The van der Waals surface area contributed by atoms with Crippen LogP contribution >= 0.6 is 0 Å². The van der Waals surface area contributed by atoms with Gasteiger partial charge < -0.3 is 5.32 Å². The number of hydrogen-bond donors (Lipinski definition) is 1. The molecule has 0 aromatic heterocycles. The van der Waals surface area contributed by atoms with E-state index >= 15 is 0 Å². The van der Waals surface area contributed by atoms with E-state index in [1.54, 1.807) is 0 Å². The molecule has 12 heavy (non-hydrogen) atoms. The molecule has 0 aliphatic carbocycles. The van der Waals surface area contributed by atoms with Gasteiger partial charge in [-0.1, -0.05) is 0 Å². The quantitative estimate of drug-likeness (QED) is 0.698. The van der Waals surface area contributed by atoms with Gasteiger partial charge in [0, 0.05) is 19.0 Å². The maximum Gasteiger partial charge on any atom is 0.291 e. The Kier molecular flexibility index (Phi) is 2.58. The lowest BCUT2D eigenvalue weighted by Gasteiger charge is -2.33. The third kappa shape index (κ3) is 1.53. The van der Waals surface area contributed by atoms with Gasteiger partial charge in [-0.05, 0) is 0 Å². The van der Waals surface area contributed by atoms with Gasteiger partial charge in [-0.15, -0.1) is 0 Å². The molecule has 1 aliphatic rings. The van der Waals surface area contributed by atoms with Crippen molar-refractivity contribution >= 4 is 0 Å². The fourth-order valence-corrected chi connectivity index (χ4v) is 1.17. The van der Waals surface area contributed by atoms with Crippen molar-refractivity contribution in [2.75, 3.05) is 19.8 Å². The summed E-state index contributed by atoms with van der Waals surface area (Å²) in [5.74, 6) is -5.37. The lowest BCUT2D eigenvalue weighted by atomic mass is 9.84. The zero-order valence-electron chi connectivity index (χ0n) is 6.36. The van der Waals surface area contributed by atoms with Crippen molar-refractivity contribution in [1.29, 1.82) is 5.26 Å². The van der Waals surface area contributed by atoms with Crippen LogP contribution in [-0.2, 0) is 0 Å². The summed E-state index contributed by atoms with van der Waals surface area (Å²) in [6, 6.07) is 1.47. The van der Waals surface area contributed by atoms with Gasteiger partial charge in [-0.3, -0.25) is 0 Å². The number of hydrogen-bond acceptors (Lipinski definition) is 2. The first-order valence-corrected chi connectivity index (χ1v) is 3.66. The average Bonchev–Trinajstić information content (AvgIpc) is 1.96. The summed E-state index contributed by atoms with van der Waals surface area (Å²) in [5.41, 5.74) is 0. The van der Waals surface area contributed by atoms with Crippen molar-refractivity contribution in [3.05, 3.63) is 0 Å². The molecule has 5 heteroatoms. The fourth-order valence-electron chi connectivity index (χ4n) is 1.17. The molecule has 1 saturated heterocycles. The topological polar surface area (TPSA) is 35.8 Å². The van der Waals surface area contributed by atoms with Crippen LogP contribution in [0.4, 0.5) is 13.2 Å². The highest BCUT2D eigenvalue weighted by molar-refractivity contribution is 5.01. The van der Waals surface area contributed by atoms with Crippen molar-refractivity contribution in [1.82, 2.24) is 5.32 Å². The number of nitriles is 1. The highest BCUT2D eigenvalue weighted by Crippen LogP contribution is 2.32. The lowest BCUT2D eigenvalue weighted by molar-refractivity contribution is -0.0813. The fraction of sp³-hybridized carbons (Fsp3) is 0.857. The Bertz CT molecular complexity index is 195. The Morgan fingerprint density at radius 2 is 2.17 bits per heavy atom. The van der Waals surface area contributed by atoms with E-state index in [0.29, 0.717) is 13.1 Å². The maximum atomic E-state index is 12.7. The van der Waals surface area contributed by atoms with Crippen LogP contribution in [-0.4, -0.2) is 25.7 Å². The second kappa shape index (κ2) is 3.31. The van der Waals surface area contributed by atoms with Crippen molar-refractivity contribution in [3.8, 4) is 6.07 Å². The summed E-state index contributed by atoms with van der Waals surface area (Å²) in [4.78, 5) is 0. The van der Waals surface area contributed by atoms with Gasteiger partial charge in [0.25, 0.3) is 5.92 Å². The van der Waals surface area contributed by atoms with E-state index in [-0.39, 0.29) is 0 Å². The first-order valence-electron chi connectivity index (χ1n) is 3.66. The van der Waals surface area contributed by atoms with Crippen LogP contribution in [0.15, 0.2) is 0 Å². The second-order valence-electron chi connectivity index (χ2n) is 2.92. The van der Waals surface area contributed by atoms with Crippen LogP contribution in [0.2, 0.25) is 0 Å². The van der Waals surface area contributed by atoms with Crippen LogP contribution in [0.25, 0.3) is 0 Å². The smallest absolute Gasteiger partial charge is 0.291 e. The SMILES string of the molecule is N#CC(C1CNC1)C(F)(F)CF. The third-order valence-corrected chi connectivity index (χ3v) is 2.06. The van der Waals surface area contributed by atoms with Crippen LogP contribution in [0, 0.1) is 23.2 Å². The van der Waals surface area contributed by atoms with Crippen LogP contribution < -0.4 is 5.32 Å². The van der Waals surface area contributed by atoms with Crippen molar-refractivity contribution in [2.45, 2.75) is 5.92 Å². The third-order valence-electron chi connectivity index (χ3n) is 2.06. The highest BCUT2D eigenvalue weighted by atomic mass is 19.3. The van der Waals surface area contributed by atoms with Crippen LogP contribution in [0.1, 0.15) is 0 Å². The minimum atomic E-state index is -3.48. The molecule has 0 radical (unpaired) electrons. The molecular formula is C7H9F3N2. The molecule has 1 atom stereocenters. The number of rotatable bonds is 3. The van der Waals surface area contributed by atoms with Crippen molar-refractivity contribution in [2.24, 2.45) is 11.8 Å². The van der Waals surface area contributed by atoms with E-state index < -0.39 is 24.4 Å². The Labute approximate surface area is 68.4 Å². The summed E-state index contributed by atoms with van der Waals surface area (Å²) >= 11 is 0. The second-order valence-corrected chi connectivity index (χ2v) is 2.92. The Balaban J connectivity index is 2.61. The molecule has 0 aromatic rings. The number of nitrogens with zero attached hydrogens (tertiary/aromatic N) is 1. The molecule has 0 aromatic carbocycles. The Hall–Kier alpha value is -0.760. The van der Waals surface area contributed by atoms with Crippen LogP contribution in [0.3, 0.4) is 0 Å². The standard InChI is InChI=1S/C7H9F3N2/c8-4-7(9,10)6(1-11)5-2-12-3-5/h5-6,12H,2-4H2. The normalized spacial score (nSPS) is 21.2. The van der Waals surface area contributed by atoms with Crippen molar-refractivity contribution < 1.29 is 13.2 Å². The van der Waals surface area contributed by atoms with Gasteiger partial charge >= 0.3 is 0 Å². The Morgan fingerprint density at radius 3 is 2.42 bits per heavy atom. The lowest BCUT2D eigenvalue weighted by Crippen LogP contribution is -2.51. The first-order chi connectivity index (χ1) is 5.61. The molecule has 68 valence electrons. The predicted octanol–water partition coefficient (Wildman–Crippen LogP) is 0.950. The molecule has 1 rings (SSSR count). The summed E-state index contributed by atoms with van der Waals surface area (Å²) in [5, 5.41) is 11.2. The van der Waals surface area contributed by atoms with E-state index in [0.717, 1.165) is 0 Å². The van der Waals surface area contributed by atoms with Gasteiger partial charge in [0.15, 0.2) is 6.67 Å². The van der Waals surface area contributed by atoms with Crippen molar-refractivity contribution in [3.63, 3.8) is 0 Å². The molecule has 0 spiro atoms. The number of alkyl halides is 3. The van der Waals surface area contributed by atoms with Crippen LogP contribution in [0.5, 0.6) is 0 Å². The zero-order valence-corrected chi connectivity index (χ0v) is 6.36. The van der Waals surface area contributed by atoms with Gasteiger partial charge in [-0.2, -0.15) is 5.26 Å². The first kappa shape index (κ1) is 9.33. The van der Waals surface area contributed by atoms with E-state index in [4.69, 9.17) is 5.26 Å². The van der Waals surface area contributed by atoms with Gasteiger partial charge in [0.05, 0.1) is 6.07 Å². The number of nitrogens with one attached hydrogen (secondary N) is 1.